The van der Waals surface area contributed by atoms with Gasteiger partial charge in [-0.05, 0) is 18.7 Å². The van der Waals surface area contributed by atoms with Crippen molar-refractivity contribution in [3.05, 3.63) is 29.6 Å². The number of piperazine rings is 1. The first-order valence-electron chi connectivity index (χ1n) is 6.76. The third-order valence-corrected chi connectivity index (χ3v) is 3.54. The molecule has 0 bridgehead atoms. The lowest BCUT2D eigenvalue weighted by Gasteiger charge is -2.36. The molecule has 0 saturated carbocycles. The Morgan fingerprint density at radius 1 is 1.26 bits per heavy atom. The minimum absolute atomic E-state index is 0.150. The number of hydrogen-bond acceptors (Lipinski definition) is 4. The van der Waals surface area contributed by atoms with Crippen LogP contribution in [0.4, 0.5) is 10.1 Å². The normalized spacial score (nSPS) is 16.9. The zero-order valence-electron chi connectivity index (χ0n) is 11.4. The van der Waals surface area contributed by atoms with Gasteiger partial charge < -0.3 is 15.3 Å². The maximum Gasteiger partial charge on any atom is 0.146 e. The topological polar surface area (TPSA) is 38.7 Å². The van der Waals surface area contributed by atoms with Crippen LogP contribution in [-0.4, -0.2) is 56.4 Å². The Morgan fingerprint density at radius 3 is 2.63 bits per heavy atom. The van der Waals surface area contributed by atoms with Crippen molar-refractivity contribution in [1.29, 1.82) is 0 Å². The molecule has 1 aliphatic rings. The van der Waals surface area contributed by atoms with Crippen LogP contribution in [0.5, 0.6) is 0 Å². The van der Waals surface area contributed by atoms with Crippen molar-refractivity contribution in [2.45, 2.75) is 6.54 Å². The molecular weight excluding hydrogens is 245 g/mol. The average molecular weight is 267 g/mol. The van der Waals surface area contributed by atoms with Gasteiger partial charge >= 0.3 is 0 Å². The first kappa shape index (κ1) is 14.2. The summed E-state index contributed by atoms with van der Waals surface area (Å²) in [5, 5.41) is 12.0. The van der Waals surface area contributed by atoms with Gasteiger partial charge in [0.1, 0.15) is 5.82 Å². The molecular formula is C14H22FN3O. The highest BCUT2D eigenvalue weighted by atomic mass is 19.1. The van der Waals surface area contributed by atoms with Gasteiger partial charge in [0, 0.05) is 39.3 Å². The molecule has 0 aliphatic carbocycles. The van der Waals surface area contributed by atoms with Gasteiger partial charge in [0.2, 0.25) is 0 Å². The molecule has 1 fully saturated rings. The lowest BCUT2D eigenvalue weighted by Crippen LogP contribution is -2.47. The molecule has 2 rings (SSSR count). The molecule has 0 radical (unpaired) electrons. The van der Waals surface area contributed by atoms with E-state index in [0.29, 0.717) is 13.1 Å². The fraction of sp³-hybridized carbons (Fsp3) is 0.571. The predicted octanol–water partition coefficient (Wildman–Crippen LogP) is 0.659. The van der Waals surface area contributed by atoms with Crippen LogP contribution in [0.1, 0.15) is 5.56 Å². The average Bonchev–Trinajstić information content (AvgIpc) is 2.41. The summed E-state index contributed by atoms with van der Waals surface area (Å²) in [5.41, 5.74) is 1.72. The Bertz CT molecular complexity index is 406. The van der Waals surface area contributed by atoms with Gasteiger partial charge in [-0.15, -0.1) is 0 Å². The molecule has 0 spiro atoms. The fourth-order valence-electron chi connectivity index (χ4n) is 2.58. The highest BCUT2D eigenvalue weighted by Crippen LogP contribution is 2.25. The zero-order chi connectivity index (χ0) is 13.7. The van der Waals surface area contributed by atoms with Gasteiger partial charge in [-0.25, -0.2) is 4.39 Å². The highest BCUT2D eigenvalue weighted by molar-refractivity contribution is 5.55. The van der Waals surface area contributed by atoms with E-state index in [1.54, 1.807) is 6.07 Å². The molecule has 1 heterocycles. The van der Waals surface area contributed by atoms with Crippen molar-refractivity contribution >= 4 is 5.69 Å². The zero-order valence-corrected chi connectivity index (χ0v) is 11.4. The molecule has 19 heavy (non-hydrogen) atoms. The molecule has 0 aromatic heterocycles. The Hall–Kier alpha value is -1.17. The van der Waals surface area contributed by atoms with E-state index < -0.39 is 0 Å². The molecule has 0 amide bonds. The Labute approximate surface area is 113 Å². The number of β-amino-alcohol motifs (C(OH)–C–C–N with tert-alkyl or cyclic N) is 1. The third-order valence-electron chi connectivity index (χ3n) is 3.54. The van der Waals surface area contributed by atoms with Crippen LogP contribution in [0.15, 0.2) is 18.2 Å². The predicted molar refractivity (Wildman–Crippen MR) is 74.9 cm³/mol. The summed E-state index contributed by atoms with van der Waals surface area (Å²) in [5.74, 6) is -0.150. The maximum atomic E-state index is 14.1. The number of para-hydroxylation sites is 1. The van der Waals surface area contributed by atoms with Gasteiger partial charge in [0.15, 0.2) is 0 Å². The van der Waals surface area contributed by atoms with Gasteiger partial charge in [-0.3, -0.25) is 4.90 Å². The first-order valence-corrected chi connectivity index (χ1v) is 6.76. The van der Waals surface area contributed by atoms with Crippen molar-refractivity contribution < 1.29 is 9.50 Å². The van der Waals surface area contributed by atoms with E-state index >= 15 is 0 Å². The molecule has 1 aromatic carbocycles. The third kappa shape index (κ3) is 3.43. The number of halogens is 1. The van der Waals surface area contributed by atoms with Crippen molar-refractivity contribution in [2.75, 3.05) is 51.3 Å². The van der Waals surface area contributed by atoms with Gasteiger partial charge in [-0.1, -0.05) is 12.1 Å². The fourth-order valence-corrected chi connectivity index (χ4v) is 2.58. The monoisotopic (exact) mass is 267 g/mol. The molecule has 1 aromatic rings. The van der Waals surface area contributed by atoms with Crippen LogP contribution in [-0.2, 0) is 6.54 Å². The van der Waals surface area contributed by atoms with Gasteiger partial charge in [-0.2, -0.15) is 0 Å². The van der Waals surface area contributed by atoms with Crippen molar-refractivity contribution in [2.24, 2.45) is 0 Å². The van der Waals surface area contributed by atoms with E-state index in [9.17, 15) is 4.39 Å². The number of benzene rings is 1. The Kier molecular flexibility index (Phi) is 5.13. The molecule has 0 atom stereocenters. The second kappa shape index (κ2) is 6.84. The number of rotatable bonds is 5. The highest BCUT2D eigenvalue weighted by Gasteiger charge is 2.21. The standard InChI is InChI=1S/C14H22FN3O/c1-16-11-12-3-2-4-13(15)14(12)18-7-5-17(6-8-18)9-10-19/h2-4,16,19H,5-11H2,1H3. The van der Waals surface area contributed by atoms with Crippen LogP contribution < -0.4 is 10.2 Å². The summed E-state index contributed by atoms with van der Waals surface area (Å²) in [6.07, 6.45) is 0. The SMILES string of the molecule is CNCc1cccc(F)c1N1CCN(CCO)CC1. The minimum Gasteiger partial charge on any atom is -0.395 e. The maximum absolute atomic E-state index is 14.1. The first-order chi connectivity index (χ1) is 9.26. The van der Waals surface area contributed by atoms with E-state index in [1.165, 1.54) is 6.07 Å². The molecule has 0 unspecified atom stereocenters. The Balaban J connectivity index is 2.10. The lowest BCUT2D eigenvalue weighted by molar-refractivity contribution is 0.188. The van der Waals surface area contributed by atoms with Crippen molar-refractivity contribution in [1.82, 2.24) is 10.2 Å². The van der Waals surface area contributed by atoms with E-state index in [0.717, 1.165) is 37.4 Å². The number of nitrogens with zero attached hydrogens (tertiary/aromatic N) is 2. The molecule has 1 saturated heterocycles. The molecule has 1 aliphatic heterocycles. The van der Waals surface area contributed by atoms with Gasteiger partial charge in [0.25, 0.3) is 0 Å². The summed E-state index contributed by atoms with van der Waals surface area (Å²) >= 11 is 0. The summed E-state index contributed by atoms with van der Waals surface area (Å²) in [4.78, 5) is 4.31. The molecule has 106 valence electrons. The smallest absolute Gasteiger partial charge is 0.146 e. The molecule has 4 nitrogen and oxygen atoms in total. The number of nitrogens with one attached hydrogen (secondary N) is 1. The van der Waals surface area contributed by atoms with E-state index in [-0.39, 0.29) is 12.4 Å². The molecule has 2 N–H and O–H groups in total. The van der Waals surface area contributed by atoms with Crippen LogP contribution in [0.25, 0.3) is 0 Å². The number of anilines is 1. The van der Waals surface area contributed by atoms with Gasteiger partial charge in [0.05, 0.1) is 12.3 Å². The van der Waals surface area contributed by atoms with Crippen LogP contribution in [0.2, 0.25) is 0 Å². The summed E-state index contributed by atoms with van der Waals surface area (Å²) in [6.45, 7) is 4.90. The number of hydrogen-bond donors (Lipinski definition) is 2. The lowest BCUT2D eigenvalue weighted by atomic mass is 10.1. The number of aliphatic hydroxyl groups excluding tert-OH is 1. The minimum atomic E-state index is -0.150. The van der Waals surface area contributed by atoms with E-state index in [1.807, 2.05) is 13.1 Å². The van der Waals surface area contributed by atoms with Crippen LogP contribution in [0.3, 0.4) is 0 Å². The molecule has 5 heteroatoms. The van der Waals surface area contributed by atoms with Crippen molar-refractivity contribution in [3.63, 3.8) is 0 Å². The second-order valence-electron chi connectivity index (χ2n) is 4.83. The summed E-state index contributed by atoms with van der Waals surface area (Å²) < 4.78 is 14.1. The van der Waals surface area contributed by atoms with Crippen molar-refractivity contribution in [3.8, 4) is 0 Å². The number of aliphatic hydroxyl groups is 1. The second-order valence-corrected chi connectivity index (χ2v) is 4.83. The quantitative estimate of drug-likeness (QED) is 0.822. The van der Waals surface area contributed by atoms with E-state index in [2.05, 4.69) is 15.1 Å². The summed E-state index contributed by atoms with van der Waals surface area (Å²) in [7, 11) is 1.87. The van der Waals surface area contributed by atoms with Crippen LogP contribution >= 0.6 is 0 Å². The largest absolute Gasteiger partial charge is 0.395 e. The Morgan fingerprint density at radius 2 is 2.00 bits per heavy atom. The summed E-state index contributed by atoms with van der Waals surface area (Å²) in [6, 6.07) is 5.25. The van der Waals surface area contributed by atoms with E-state index in [4.69, 9.17) is 5.11 Å². The van der Waals surface area contributed by atoms with Crippen LogP contribution in [0, 0.1) is 5.82 Å².